The monoisotopic (exact) mass is 97.1 g/mol. The molecule has 0 aromatic heterocycles. The standard InChI is InChI=1S/C6H11N/c1-2-4-6-5(3-1)7-6/h5-7H,1-4H2/t5-,6+. The molecule has 7 heavy (non-hydrogen) atoms. The average molecular weight is 97.2 g/mol. The SMILES string of the molecule is C1CC[C@H]2N[C@H]2C1. The molecule has 0 unspecified atom stereocenters. The molecule has 2 fully saturated rings. The Balaban J connectivity index is 1.95. The predicted molar refractivity (Wildman–Crippen MR) is 29.2 cm³/mol. The summed E-state index contributed by atoms with van der Waals surface area (Å²) in [4.78, 5) is 0. The second-order valence-corrected chi connectivity index (χ2v) is 2.66. The summed E-state index contributed by atoms with van der Waals surface area (Å²) in [6.07, 6.45) is 5.83. The van der Waals surface area contributed by atoms with Crippen LogP contribution in [0.1, 0.15) is 25.7 Å². The lowest BCUT2D eigenvalue weighted by molar-refractivity contribution is 0.571. The van der Waals surface area contributed by atoms with Crippen LogP contribution in [-0.2, 0) is 0 Å². The maximum Gasteiger partial charge on any atom is 0.0224 e. The smallest absolute Gasteiger partial charge is 0.0224 e. The van der Waals surface area contributed by atoms with Gasteiger partial charge < -0.3 is 5.32 Å². The van der Waals surface area contributed by atoms with Gasteiger partial charge in [-0.15, -0.1) is 0 Å². The molecular weight excluding hydrogens is 86.1 g/mol. The van der Waals surface area contributed by atoms with E-state index in [1.165, 1.54) is 25.7 Å². The van der Waals surface area contributed by atoms with Crippen molar-refractivity contribution in [2.45, 2.75) is 37.8 Å². The highest BCUT2D eigenvalue weighted by Gasteiger charge is 2.37. The molecule has 1 heterocycles. The van der Waals surface area contributed by atoms with Crippen molar-refractivity contribution in [1.82, 2.24) is 5.32 Å². The van der Waals surface area contributed by atoms with Crippen LogP contribution in [0.3, 0.4) is 0 Å². The molecule has 0 aromatic rings. The van der Waals surface area contributed by atoms with E-state index in [9.17, 15) is 0 Å². The maximum atomic E-state index is 3.43. The quantitative estimate of drug-likeness (QED) is 0.446. The largest absolute Gasteiger partial charge is 0.308 e. The van der Waals surface area contributed by atoms with E-state index in [2.05, 4.69) is 5.32 Å². The summed E-state index contributed by atoms with van der Waals surface area (Å²) in [5.41, 5.74) is 0. The first kappa shape index (κ1) is 3.90. The molecular formula is C6H11N. The van der Waals surface area contributed by atoms with Crippen LogP contribution in [0.4, 0.5) is 0 Å². The minimum atomic E-state index is 0.953. The zero-order valence-corrected chi connectivity index (χ0v) is 4.48. The van der Waals surface area contributed by atoms with Gasteiger partial charge in [0, 0.05) is 12.1 Å². The topological polar surface area (TPSA) is 21.9 Å². The summed E-state index contributed by atoms with van der Waals surface area (Å²) < 4.78 is 0. The molecule has 2 aliphatic rings. The normalized spacial score (nSPS) is 48.0. The third-order valence-electron chi connectivity index (χ3n) is 2.08. The van der Waals surface area contributed by atoms with Gasteiger partial charge in [-0.2, -0.15) is 0 Å². The summed E-state index contributed by atoms with van der Waals surface area (Å²) in [7, 11) is 0. The van der Waals surface area contributed by atoms with Gasteiger partial charge in [0.05, 0.1) is 0 Å². The third-order valence-corrected chi connectivity index (χ3v) is 2.08. The summed E-state index contributed by atoms with van der Waals surface area (Å²) in [5, 5.41) is 3.43. The maximum absolute atomic E-state index is 3.43. The van der Waals surface area contributed by atoms with Crippen molar-refractivity contribution in [1.29, 1.82) is 0 Å². The van der Waals surface area contributed by atoms with E-state index in [4.69, 9.17) is 0 Å². The van der Waals surface area contributed by atoms with Gasteiger partial charge in [0.2, 0.25) is 0 Å². The van der Waals surface area contributed by atoms with Crippen LogP contribution in [0.25, 0.3) is 0 Å². The fraction of sp³-hybridized carbons (Fsp3) is 1.00. The first-order valence-corrected chi connectivity index (χ1v) is 3.23. The van der Waals surface area contributed by atoms with E-state index in [1.54, 1.807) is 0 Å². The number of rotatable bonds is 0. The third kappa shape index (κ3) is 0.556. The first-order valence-electron chi connectivity index (χ1n) is 3.23. The van der Waals surface area contributed by atoms with Gasteiger partial charge in [0.25, 0.3) is 0 Å². The summed E-state index contributed by atoms with van der Waals surface area (Å²) in [6.45, 7) is 0. The minimum Gasteiger partial charge on any atom is -0.308 e. The fourth-order valence-corrected chi connectivity index (χ4v) is 1.52. The van der Waals surface area contributed by atoms with E-state index >= 15 is 0 Å². The number of hydrogen-bond acceptors (Lipinski definition) is 1. The zero-order valence-electron chi connectivity index (χ0n) is 4.48. The lowest BCUT2D eigenvalue weighted by atomic mass is 10.0. The Kier molecular flexibility index (Phi) is 0.680. The summed E-state index contributed by atoms with van der Waals surface area (Å²) in [6, 6.07) is 1.91. The van der Waals surface area contributed by atoms with Crippen LogP contribution in [0.2, 0.25) is 0 Å². The predicted octanol–water partition coefficient (Wildman–Crippen LogP) is 0.901. The molecule has 1 aliphatic heterocycles. The van der Waals surface area contributed by atoms with E-state index in [0.29, 0.717) is 0 Å². The Morgan fingerprint density at radius 3 is 2.00 bits per heavy atom. The Labute approximate surface area is 44.1 Å². The van der Waals surface area contributed by atoms with Crippen LogP contribution in [0.15, 0.2) is 0 Å². The van der Waals surface area contributed by atoms with Gasteiger partial charge in [-0.1, -0.05) is 12.8 Å². The zero-order chi connectivity index (χ0) is 4.69. The molecule has 1 saturated carbocycles. The summed E-state index contributed by atoms with van der Waals surface area (Å²) >= 11 is 0. The van der Waals surface area contributed by atoms with Gasteiger partial charge in [-0.05, 0) is 12.8 Å². The molecule has 0 radical (unpaired) electrons. The Morgan fingerprint density at radius 2 is 1.57 bits per heavy atom. The second-order valence-electron chi connectivity index (χ2n) is 2.66. The van der Waals surface area contributed by atoms with E-state index in [-0.39, 0.29) is 0 Å². The molecule has 2 rings (SSSR count). The molecule has 1 nitrogen and oxygen atoms in total. The number of nitrogens with one attached hydrogen (secondary N) is 1. The lowest BCUT2D eigenvalue weighted by Gasteiger charge is -2.02. The Morgan fingerprint density at radius 1 is 1.00 bits per heavy atom. The molecule has 1 heteroatoms. The number of hydrogen-bond donors (Lipinski definition) is 1. The fourth-order valence-electron chi connectivity index (χ4n) is 1.52. The van der Waals surface area contributed by atoms with Crippen LogP contribution in [-0.4, -0.2) is 12.1 Å². The van der Waals surface area contributed by atoms with Gasteiger partial charge in [0.15, 0.2) is 0 Å². The second kappa shape index (κ2) is 1.22. The molecule has 1 N–H and O–H groups in total. The van der Waals surface area contributed by atoms with Crippen molar-refractivity contribution in [3.05, 3.63) is 0 Å². The van der Waals surface area contributed by atoms with Crippen molar-refractivity contribution in [3.8, 4) is 0 Å². The van der Waals surface area contributed by atoms with E-state index < -0.39 is 0 Å². The van der Waals surface area contributed by atoms with Gasteiger partial charge in [-0.25, -0.2) is 0 Å². The van der Waals surface area contributed by atoms with E-state index in [0.717, 1.165) is 12.1 Å². The first-order chi connectivity index (χ1) is 3.47. The van der Waals surface area contributed by atoms with Crippen molar-refractivity contribution in [2.24, 2.45) is 0 Å². The molecule has 1 aliphatic carbocycles. The van der Waals surface area contributed by atoms with Crippen LogP contribution >= 0.6 is 0 Å². The summed E-state index contributed by atoms with van der Waals surface area (Å²) in [5.74, 6) is 0. The number of fused-ring (bicyclic) bond motifs is 1. The molecule has 1 saturated heterocycles. The molecule has 2 atom stereocenters. The van der Waals surface area contributed by atoms with Crippen LogP contribution < -0.4 is 5.32 Å². The molecule has 0 amide bonds. The molecule has 0 bridgehead atoms. The van der Waals surface area contributed by atoms with Crippen LogP contribution in [0.5, 0.6) is 0 Å². The van der Waals surface area contributed by atoms with Crippen molar-refractivity contribution >= 4 is 0 Å². The molecule has 0 aromatic carbocycles. The Bertz CT molecular complexity index is 70.2. The molecule has 40 valence electrons. The van der Waals surface area contributed by atoms with Gasteiger partial charge in [-0.3, -0.25) is 0 Å². The minimum absolute atomic E-state index is 0.953. The van der Waals surface area contributed by atoms with Crippen molar-refractivity contribution < 1.29 is 0 Å². The van der Waals surface area contributed by atoms with Gasteiger partial charge >= 0.3 is 0 Å². The lowest BCUT2D eigenvalue weighted by Crippen LogP contribution is -2.00. The van der Waals surface area contributed by atoms with Crippen LogP contribution in [0, 0.1) is 0 Å². The van der Waals surface area contributed by atoms with Crippen molar-refractivity contribution in [2.75, 3.05) is 0 Å². The van der Waals surface area contributed by atoms with E-state index in [1.807, 2.05) is 0 Å². The van der Waals surface area contributed by atoms with Gasteiger partial charge in [0.1, 0.15) is 0 Å². The average Bonchev–Trinajstić information content (AvgIpc) is 2.41. The van der Waals surface area contributed by atoms with Crippen molar-refractivity contribution in [3.63, 3.8) is 0 Å². The highest BCUT2D eigenvalue weighted by atomic mass is 15.1. The highest BCUT2D eigenvalue weighted by Crippen LogP contribution is 2.28. The Hall–Kier alpha value is -0.0400. The highest BCUT2D eigenvalue weighted by molar-refractivity contribution is 4.99. The molecule has 0 spiro atoms.